The van der Waals surface area contributed by atoms with Gasteiger partial charge in [-0.3, -0.25) is 4.79 Å². The molecule has 8 radical (unpaired) electrons. The van der Waals surface area contributed by atoms with Crippen LogP contribution in [0.1, 0.15) is 15.9 Å². The maximum absolute atomic E-state index is 12.8. The van der Waals surface area contributed by atoms with Crippen molar-refractivity contribution in [3.05, 3.63) is 47.9 Å². The average Bonchev–Trinajstić information content (AvgIpc) is 3.16. The lowest BCUT2D eigenvalue weighted by Crippen LogP contribution is -2.49. The third kappa shape index (κ3) is 3.32. The molecule has 6 nitrogen and oxygen atoms in total. The van der Waals surface area contributed by atoms with E-state index in [4.69, 9.17) is 31.4 Å². The van der Waals surface area contributed by atoms with Crippen molar-refractivity contribution in [1.29, 1.82) is 0 Å². The van der Waals surface area contributed by atoms with Crippen LogP contribution in [-0.2, 0) is 7.05 Å². The van der Waals surface area contributed by atoms with Crippen LogP contribution in [0.4, 0.5) is 5.82 Å². The van der Waals surface area contributed by atoms with Crippen LogP contribution in [0, 0.1) is 6.92 Å². The zero-order chi connectivity index (χ0) is 21.6. The normalized spacial score (nSPS) is 11.0. The molecular weight excluding hydrogens is 370 g/mol. The van der Waals surface area contributed by atoms with Crippen molar-refractivity contribution in [2.24, 2.45) is 7.05 Å². The number of aromatic nitrogens is 4. The van der Waals surface area contributed by atoms with E-state index in [1.54, 1.807) is 25.5 Å². The van der Waals surface area contributed by atoms with Gasteiger partial charge in [0.15, 0.2) is 5.82 Å². The standard InChI is InChI=1S/C20H13B4N5O/c1-9-16(21)18(23)15(19(24)17(9)22)20(30)26-14-6-11-5-10(3-4-12(11)27-28-14)13-7-25-8-29(13)2/h3-8H,1-2H3,(H,26,28,30). The van der Waals surface area contributed by atoms with Gasteiger partial charge in [-0.2, -0.15) is 0 Å². The Bertz CT molecular complexity index is 1290. The van der Waals surface area contributed by atoms with E-state index in [1.807, 2.05) is 29.8 Å². The monoisotopic (exact) mass is 383 g/mol. The molecule has 136 valence electrons. The predicted molar refractivity (Wildman–Crippen MR) is 122 cm³/mol. The predicted octanol–water partition coefficient (Wildman–Crippen LogP) is -1.23. The summed E-state index contributed by atoms with van der Waals surface area (Å²) < 4.78 is 1.91. The van der Waals surface area contributed by atoms with E-state index in [9.17, 15) is 4.79 Å². The molecule has 4 rings (SSSR count). The van der Waals surface area contributed by atoms with E-state index >= 15 is 0 Å². The van der Waals surface area contributed by atoms with Crippen LogP contribution in [0.5, 0.6) is 0 Å². The van der Waals surface area contributed by atoms with Crippen LogP contribution in [0.3, 0.4) is 0 Å². The van der Waals surface area contributed by atoms with E-state index in [1.165, 1.54) is 0 Å². The summed E-state index contributed by atoms with van der Waals surface area (Å²) in [6.45, 7) is 1.69. The Hall–Kier alpha value is -3.28. The number of carbonyl (C=O) groups excluding carboxylic acids is 1. The number of fused-ring (bicyclic) bond motifs is 1. The second kappa shape index (κ2) is 7.52. The molecule has 0 fully saturated rings. The molecule has 0 saturated carbocycles. The van der Waals surface area contributed by atoms with E-state index in [-0.39, 0.29) is 33.2 Å². The number of aryl methyl sites for hydroxylation is 1. The zero-order valence-electron chi connectivity index (χ0n) is 16.5. The molecular formula is C20H13B4N5O. The van der Waals surface area contributed by atoms with Crippen molar-refractivity contribution >= 4 is 75.9 Å². The topological polar surface area (TPSA) is 72.7 Å². The fourth-order valence-electron chi connectivity index (χ4n) is 3.29. The number of rotatable bonds is 3. The number of nitrogens with one attached hydrogen (secondary N) is 1. The Balaban J connectivity index is 1.71. The van der Waals surface area contributed by atoms with Crippen molar-refractivity contribution in [1.82, 2.24) is 19.7 Å². The first-order chi connectivity index (χ1) is 14.3. The summed E-state index contributed by atoms with van der Waals surface area (Å²) in [5, 5.41) is 11.7. The van der Waals surface area contributed by atoms with Crippen molar-refractivity contribution in [2.45, 2.75) is 6.92 Å². The summed E-state index contributed by atoms with van der Waals surface area (Å²) in [6, 6.07) is 7.45. The number of hydrogen-bond acceptors (Lipinski definition) is 4. The van der Waals surface area contributed by atoms with Crippen LogP contribution in [0.15, 0.2) is 36.8 Å². The van der Waals surface area contributed by atoms with Crippen LogP contribution in [0.2, 0.25) is 0 Å². The van der Waals surface area contributed by atoms with Gasteiger partial charge in [0.2, 0.25) is 0 Å². The smallest absolute Gasteiger partial charge is 0.255 e. The largest absolute Gasteiger partial charge is 0.334 e. The number of amides is 1. The van der Waals surface area contributed by atoms with Gasteiger partial charge in [0.05, 0.1) is 23.7 Å². The Labute approximate surface area is 179 Å². The highest BCUT2D eigenvalue weighted by Crippen LogP contribution is 2.24. The van der Waals surface area contributed by atoms with Gasteiger partial charge in [-0.1, -0.05) is 22.6 Å². The fourth-order valence-corrected chi connectivity index (χ4v) is 3.29. The third-order valence-corrected chi connectivity index (χ3v) is 5.09. The summed E-state index contributed by atoms with van der Waals surface area (Å²) >= 11 is 0. The SMILES string of the molecule is [B]c1c([B])c(C(=O)Nc2cc3cc(-c4cncn4C)ccc3nn2)c([B])c([B])c1C. The summed E-state index contributed by atoms with van der Waals surface area (Å²) in [5.74, 6) is -0.328. The van der Waals surface area contributed by atoms with Crippen molar-refractivity contribution < 1.29 is 4.79 Å². The van der Waals surface area contributed by atoms with Gasteiger partial charge in [-0.25, -0.2) is 4.98 Å². The maximum Gasteiger partial charge on any atom is 0.255 e. The molecule has 2 aromatic carbocycles. The molecule has 0 spiro atoms. The molecule has 0 bridgehead atoms. The lowest BCUT2D eigenvalue weighted by Gasteiger charge is -2.19. The molecule has 0 aliphatic rings. The maximum atomic E-state index is 12.8. The molecule has 30 heavy (non-hydrogen) atoms. The summed E-state index contributed by atoms with van der Waals surface area (Å²) in [4.78, 5) is 17.0. The Kier molecular flexibility index (Phi) is 5.02. The second-order valence-corrected chi connectivity index (χ2v) is 7.00. The third-order valence-electron chi connectivity index (χ3n) is 5.09. The van der Waals surface area contributed by atoms with E-state index in [2.05, 4.69) is 20.5 Å². The van der Waals surface area contributed by atoms with E-state index < -0.39 is 5.91 Å². The summed E-state index contributed by atoms with van der Waals surface area (Å²) in [6.07, 6.45) is 3.50. The van der Waals surface area contributed by atoms with Gasteiger partial charge in [0, 0.05) is 23.6 Å². The molecule has 0 atom stereocenters. The molecule has 1 amide bonds. The Morgan fingerprint density at radius 1 is 1.00 bits per heavy atom. The van der Waals surface area contributed by atoms with Crippen molar-refractivity contribution in [2.75, 3.05) is 5.32 Å². The lowest BCUT2D eigenvalue weighted by atomic mass is 9.64. The van der Waals surface area contributed by atoms with Gasteiger partial charge >= 0.3 is 0 Å². The lowest BCUT2D eigenvalue weighted by molar-refractivity contribution is 0.102. The highest BCUT2D eigenvalue weighted by atomic mass is 16.1. The molecule has 0 unspecified atom stereocenters. The molecule has 0 aliphatic heterocycles. The number of anilines is 1. The molecule has 1 N–H and O–H groups in total. The van der Waals surface area contributed by atoms with Gasteiger partial charge < -0.3 is 9.88 Å². The first-order valence-corrected chi connectivity index (χ1v) is 9.06. The van der Waals surface area contributed by atoms with Gasteiger partial charge in [0.25, 0.3) is 5.91 Å². The molecule has 0 aliphatic carbocycles. The van der Waals surface area contributed by atoms with Gasteiger partial charge in [-0.05, 0) is 25.1 Å². The van der Waals surface area contributed by atoms with Gasteiger partial charge in [-0.15, -0.1) is 21.1 Å². The number of benzene rings is 2. The molecule has 2 aromatic heterocycles. The highest BCUT2D eigenvalue weighted by molar-refractivity contribution is 6.60. The fraction of sp³-hybridized carbons (Fsp3) is 0.100. The van der Waals surface area contributed by atoms with Crippen LogP contribution in [-0.4, -0.2) is 57.0 Å². The average molecular weight is 383 g/mol. The van der Waals surface area contributed by atoms with Gasteiger partial charge in [0.1, 0.15) is 31.4 Å². The Morgan fingerprint density at radius 3 is 2.33 bits per heavy atom. The minimum atomic E-state index is -0.570. The minimum Gasteiger partial charge on any atom is -0.334 e. The Morgan fingerprint density at radius 2 is 1.70 bits per heavy atom. The van der Waals surface area contributed by atoms with E-state index in [0.29, 0.717) is 11.1 Å². The molecule has 10 heteroatoms. The quantitative estimate of drug-likeness (QED) is 0.450. The number of carbonyl (C=O) groups is 1. The number of imidazole rings is 1. The summed E-state index contributed by atoms with van der Waals surface area (Å²) in [7, 11) is 25.9. The highest BCUT2D eigenvalue weighted by Gasteiger charge is 2.17. The number of nitrogens with zero attached hydrogens (tertiary/aromatic N) is 4. The molecule has 4 aromatic rings. The zero-order valence-corrected chi connectivity index (χ0v) is 16.5. The summed E-state index contributed by atoms with van der Waals surface area (Å²) in [5.41, 5.74) is 3.73. The van der Waals surface area contributed by atoms with Crippen molar-refractivity contribution in [3.8, 4) is 11.3 Å². The van der Waals surface area contributed by atoms with Crippen LogP contribution >= 0.6 is 0 Å². The number of hydrogen-bond donors (Lipinski definition) is 1. The molecule has 0 saturated heterocycles. The first kappa shape index (κ1) is 20.0. The minimum absolute atomic E-state index is 0.0149. The van der Waals surface area contributed by atoms with E-state index in [0.717, 1.165) is 16.6 Å². The molecule has 2 heterocycles. The van der Waals surface area contributed by atoms with Crippen LogP contribution in [0.25, 0.3) is 22.2 Å². The van der Waals surface area contributed by atoms with Crippen LogP contribution < -0.4 is 27.2 Å². The first-order valence-electron chi connectivity index (χ1n) is 9.06. The van der Waals surface area contributed by atoms with Crippen molar-refractivity contribution in [3.63, 3.8) is 0 Å². The second-order valence-electron chi connectivity index (χ2n) is 7.00.